The average molecular weight is 182 g/mol. The smallest absolute Gasteiger partial charge is 0.270 e. The second kappa shape index (κ2) is 4.20. The van der Waals surface area contributed by atoms with E-state index in [1.54, 1.807) is 0 Å². The van der Waals surface area contributed by atoms with Crippen molar-refractivity contribution in [2.75, 3.05) is 5.32 Å². The van der Waals surface area contributed by atoms with Crippen LogP contribution in [0, 0.1) is 5.82 Å². The first-order chi connectivity index (χ1) is 6.22. The normalized spacial score (nSPS) is 10.2. The number of amides is 1. The molecule has 0 aliphatic heterocycles. The van der Waals surface area contributed by atoms with Crippen LogP contribution in [0.5, 0.6) is 0 Å². The first-order valence-electron chi connectivity index (χ1n) is 3.46. The second-order valence-electron chi connectivity index (χ2n) is 2.24. The lowest BCUT2D eigenvalue weighted by atomic mass is 10.3. The summed E-state index contributed by atoms with van der Waals surface area (Å²) in [5, 5.41) is 12.8. The van der Waals surface area contributed by atoms with Gasteiger partial charge in [0.25, 0.3) is 5.91 Å². The number of benzene rings is 1. The molecule has 0 radical (unpaired) electrons. The second-order valence-corrected chi connectivity index (χ2v) is 2.24. The number of rotatable bonds is 2. The van der Waals surface area contributed by atoms with E-state index in [9.17, 15) is 9.18 Å². The van der Waals surface area contributed by atoms with Gasteiger partial charge in [0.1, 0.15) is 12.0 Å². The van der Waals surface area contributed by atoms with Crippen LogP contribution < -0.4 is 5.32 Å². The van der Waals surface area contributed by atoms with Gasteiger partial charge in [-0.25, -0.2) is 4.39 Å². The Morgan fingerprint density at radius 3 is 3.00 bits per heavy atom. The summed E-state index contributed by atoms with van der Waals surface area (Å²) in [5.41, 5.74) is 0.310. The molecule has 0 aromatic heterocycles. The van der Waals surface area contributed by atoms with E-state index in [0.717, 1.165) is 6.07 Å². The number of oxime groups is 1. The van der Waals surface area contributed by atoms with E-state index in [1.807, 2.05) is 0 Å². The van der Waals surface area contributed by atoms with Crippen LogP contribution in [-0.4, -0.2) is 17.3 Å². The average Bonchev–Trinajstić information content (AvgIpc) is 2.04. The van der Waals surface area contributed by atoms with Crippen molar-refractivity contribution in [1.29, 1.82) is 0 Å². The van der Waals surface area contributed by atoms with Crippen molar-refractivity contribution in [3.8, 4) is 0 Å². The van der Waals surface area contributed by atoms with Gasteiger partial charge in [0.05, 0.1) is 0 Å². The van der Waals surface area contributed by atoms with Gasteiger partial charge in [0.15, 0.2) is 0 Å². The minimum atomic E-state index is -0.617. The van der Waals surface area contributed by atoms with Crippen molar-refractivity contribution >= 4 is 17.8 Å². The molecule has 1 amide bonds. The van der Waals surface area contributed by atoms with Crippen LogP contribution in [0.25, 0.3) is 0 Å². The maximum Gasteiger partial charge on any atom is 0.270 e. The summed E-state index contributed by atoms with van der Waals surface area (Å²) in [6.45, 7) is 0. The van der Waals surface area contributed by atoms with Gasteiger partial charge in [-0.15, -0.1) is 0 Å². The lowest BCUT2D eigenvalue weighted by molar-refractivity contribution is -0.110. The molecule has 13 heavy (non-hydrogen) atoms. The van der Waals surface area contributed by atoms with Gasteiger partial charge in [0, 0.05) is 5.69 Å². The van der Waals surface area contributed by atoms with Gasteiger partial charge >= 0.3 is 0 Å². The van der Waals surface area contributed by atoms with Crippen molar-refractivity contribution < 1.29 is 14.4 Å². The predicted octanol–water partition coefficient (Wildman–Crippen LogP) is 1.22. The zero-order chi connectivity index (χ0) is 9.68. The summed E-state index contributed by atoms with van der Waals surface area (Å²) in [7, 11) is 0. The highest BCUT2D eigenvalue weighted by molar-refractivity contribution is 6.31. The van der Waals surface area contributed by atoms with Gasteiger partial charge in [0.2, 0.25) is 0 Å². The van der Waals surface area contributed by atoms with Gasteiger partial charge < -0.3 is 10.5 Å². The molecule has 0 aliphatic carbocycles. The maximum atomic E-state index is 12.6. The molecule has 0 unspecified atom stereocenters. The Hall–Kier alpha value is -1.91. The molecule has 1 aromatic carbocycles. The van der Waals surface area contributed by atoms with Crippen LogP contribution >= 0.6 is 0 Å². The molecule has 0 atom stereocenters. The molecule has 0 saturated heterocycles. The molecule has 68 valence electrons. The van der Waals surface area contributed by atoms with E-state index >= 15 is 0 Å². The van der Waals surface area contributed by atoms with E-state index in [-0.39, 0.29) is 0 Å². The SMILES string of the molecule is O=C(/C=N\O)Nc1cccc(F)c1. The fourth-order valence-corrected chi connectivity index (χ4v) is 0.793. The quantitative estimate of drug-likeness (QED) is 0.410. The number of carbonyl (C=O) groups is 1. The molecule has 1 aromatic rings. The Morgan fingerprint density at radius 2 is 2.38 bits per heavy atom. The molecule has 0 saturated carbocycles. The summed E-state index contributed by atoms with van der Waals surface area (Å²) in [6.07, 6.45) is 0.685. The van der Waals surface area contributed by atoms with Gasteiger partial charge in [-0.3, -0.25) is 4.79 Å². The van der Waals surface area contributed by atoms with Crippen molar-refractivity contribution in [2.45, 2.75) is 0 Å². The number of nitrogens with zero attached hydrogens (tertiary/aromatic N) is 1. The van der Waals surface area contributed by atoms with Crippen molar-refractivity contribution in [3.05, 3.63) is 30.1 Å². The van der Waals surface area contributed by atoms with Gasteiger partial charge in [-0.05, 0) is 18.2 Å². The van der Waals surface area contributed by atoms with Crippen LogP contribution in [0.3, 0.4) is 0 Å². The molecule has 1 rings (SSSR count). The molecule has 2 N–H and O–H groups in total. The number of anilines is 1. The number of carbonyl (C=O) groups excluding carboxylic acids is 1. The van der Waals surface area contributed by atoms with Crippen molar-refractivity contribution in [3.63, 3.8) is 0 Å². The summed E-state index contributed by atoms with van der Waals surface area (Å²) in [4.78, 5) is 10.8. The number of hydrogen-bond donors (Lipinski definition) is 2. The van der Waals surface area contributed by atoms with E-state index in [2.05, 4.69) is 10.5 Å². The first-order valence-corrected chi connectivity index (χ1v) is 3.46. The van der Waals surface area contributed by atoms with Crippen LogP contribution in [-0.2, 0) is 4.79 Å². The Labute approximate surface area is 73.7 Å². The minimum absolute atomic E-state index is 0.310. The largest absolute Gasteiger partial charge is 0.411 e. The third kappa shape index (κ3) is 2.90. The van der Waals surface area contributed by atoms with Crippen molar-refractivity contribution in [1.82, 2.24) is 0 Å². The molecule has 0 bridgehead atoms. The van der Waals surface area contributed by atoms with Gasteiger partial charge in [-0.1, -0.05) is 11.2 Å². The van der Waals surface area contributed by atoms with Crippen LogP contribution in [0.1, 0.15) is 0 Å². The molecule has 0 heterocycles. The van der Waals surface area contributed by atoms with Gasteiger partial charge in [-0.2, -0.15) is 0 Å². The Bertz CT molecular complexity index is 339. The molecular weight excluding hydrogens is 175 g/mol. The highest BCUT2D eigenvalue weighted by Crippen LogP contribution is 2.08. The summed E-state index contributed by atoms with van der Waals surface area (Å²) in [5.74, 6) is -1.06. The van der Waals surface area contributed by atoms with E-state index in [1.165, 1.54) is 18.2 Å². The fraction of sp³-hybridized carbons (Fsp3) is 0. The summed E-state index contributed by atoms with van der Waals surface area (Å²) >= 11 is 0. The molecule has 5 heteroatoms. The number of nitrogens with one attached hydrogen (secondary N) is 1. The van der Waals surface area contributed by atoms with Crippen LogP contribution in [0.4, 0.5) is 10.1 Å². The monoisotopic (exact) mass is 182 g/mol. The molecule has 0 fully saturated rings. The van der Waals surface area contributed by atoms with E-state index < -0.39 is 11.7 Å². The third-order valence-electron chi connectivity index (χ3n) is 1.27. The van der Waals surface area contributed by atoms with E-state index in [0.29, 0.717) is 11.9 Å². The predicted molar refractivity (Wildman–Crippen MR) is 45.3 cm³/mol. The zero-order valence-electron chi connectivity index (χ0n) is 6.57. The lowest BCUT2D eigenvalue weighted by Gasteiger charge is -1.99. The first kappa shape index (κ1) is 9.18. The Kier molecular flexibility index (Phi) is 2.97. The van der Waals surface area contributed by atoms with Crippen LogP contribution in [0.15, 0.2) is 29.4 Å². The highest BCUT2D eigenvalue weighted by atomic mass is 19.1. The summed E-state index contributed by atoms with van der Waals surface area (Å²) < 4.78 is 12.6. The highest BCUT2D eigenvalue weighted by Gasteiger charge is 1.98. The Morgan fingerprint density at radius 1 is 1.62 bits per heavy atom. The summed E-state index contributed by atoms with van der Waals surface area (Å²) in [6, 6.07) is 5.39. The van der Waals surface area contributed by atoms with Crippen molar-refractivity contribution in [2.24, 2.45) is 5.16 Å². The molecule has 4 nitrogen and oxygen atoms in total. The topological polar surface area (TPSA) is 61.7 Å². The maximum absolute atomic E-state index is 12.6. The lowest BCUT2D eigenvalue weighted by Crippen LogP contribution is -2.12. The standard InChI is InChI=1S/C8H7FN2O2/c9-6-2-1-3-7(4-6)11-8(12)5-10-13/h1-5,13H,(H,11,12)/b10-5-. The molecular formula is C8H7FN2O2. The van der Waals surface area contributed by atoms with E-state index in [4.69, 9.17) is 5.21 Å². The number of halogens is 1. The zero-order valence-corrected chi connectivity index (χ0v) is 6.57. The molecule has 0 aliphatic rings. The van der Waals surface area contributed by atoms with Crippen LogP contribution in [0.2, 0.25) is 0 Å². The third-order valence-corrected chi connectivity index (χ3v) is 1.27. The molecule has 0 spiro atoms. The fourth-order valence-electron chi connectivity index (χ4n) is 0.793. The minimum Gasteiger partial charge on any atom is -0.411 e. The number of hydrogen-bond acceptors (Lipinski definition) is 3. The Balaban J connectivity index is 2.69.